The van der Waals surface area contributed by atoms with Crippen molar-refractivity contribution in [2.45, 2.75) is 31.7 Å². The van der Waals surface area contributed by atoms with Crippen molar-refractivity contribution in [3.05, 3.63) is 65.5 Å². The van der Waals surface area contributed by atoms with Gasteiger partial charge in [-0.1, -0.05) is 61.4 Å². The minimum Gasteiger partial charge on any atom is -0.253 e. The van der Waals surface area contributed by atoms with Crippen LogP contribution in [-0.4, -0.2) is 15.0 Å². The van der Waals surface area contributed by atoms with Crippen molar-refractivity contribution >= 4 is 28.5 Å². The van der Waals surface area contributed by atoms with E-state index >= 15 is 0 Å². The van der Waals surface area contributed by atoms with Crippen LogP contribution in [0.1, 0.15) is 25.7 Å². The largest absolute Gasteiger partial charge is 0.253 e. The fourth-order valence-corrected chi connectivity index (χ4v) is 3.98. The minimum atomic E-state index is 0. The van der Waals surface area contributed by atoms with E-state index in [1.165, 1.54) is 25.7 Å². The summed E-state index contributed by atoms with van der Waals surface area (Å²) >= 11 is 1.63. The summed E-state index contributed by atoms with van der Waals surface area (Å²) in [7, 11) is 0. The van der Waals surface area contributed by atoms with Gasteiger partial charge >= 0.3 is 0 Å². The maximum atomic E-state index is 4.88. The Hall–Kier alpha value is -1.72. The highest BCUT2D eigenvalue weighted by Gasteiger charge is 2.15. The predicted molar refractivity (Wildman–Crippen MR) is 105 cm³/mol. The van der Waals surface area contributed by atoms with E-state index in [9.17, 15) is 0 Å². The molecule has 0 radical (unpaired) electrons. The van der Waals surface area contributed by atoms with Crippen molar-refractivity contribution in [3.8, 4) is 17.1 Å². The van der Waals surface area contributed by atoms with Crippen LogP contribution in [0.4, 0.5) is 0 Å². The quantitative estimate of drug-likeness (QED) is 0.605. The van der Waals surface area contributed by atoms with Crippen LogP contribution >= 0.6 is 28.5 Å². The first kappa shape index (κ1) is 17.1. The number of aromatic nitrogens is 2. The zero-order valence-corrected chi connectivity index (χ0v) is 15.9. The van der Waals surface area contributed by atoms with E-state index in [1.807, 2.05) is 12.1 Å². The van der Waals surface area contributed by atoms with Gasteiger partial charge in [0.2, 0.25) is 4.80 Å². The molecule has 0 saturated heterocycles. The molecule has 1 aliphatic carbocycles. The van der Waals surface area contributed by atoms with Crippen molar-refractivity contribution in [2.24, 2.45) is 4.99 Å². The summed E-state index contributed by atoms with van der Waals surface area (Å²) in [5, 5.41) is 0. The van der Waals surface area contributed by atoms with E-state index in [1.54, 1.807) is 11.5 Å². The molecule has 0 amide bonds. The molecule has 1 heterocycles. The smallest absolute Gasteiger partial charge is 0.223 e. The Labute approximate surface area is 156 Å². The Morgan fingerprint density at radius 2 is 1.54 bits per heavy atom. The van der Waals surface area contributed by atoms with E-state index in [2.05, 4.69) is 52.5 Å². The lowest BCUT2D eigenvalue weighted by Crippen LogP contribution is -2.06. The molecule has 5 heteroatoms. The van der Waals surface area contributed by atoms with Gasteiger partial charge in [0.05, 0.1) is 11.7 Å². The van der Waals surface area contributed by atoms with Gasteiger partial charge in [-0.25, -0.2) is 3.96 Å². The molecule has 1 aliphatic rings. The van der Waals surface area contributed by atoms with E-state index in [4.69, 9.17) is 9.98 Å². The molecule has 3 aromatic rings. The van der Waals surface area contributed by atoms with Gasteiger partial charge in [0.25, 0.3) is 0 Å². The Balaban J connectivity index is 0.00000169. The van der Waals surface area contributed by atoms with E-state index in [0.29, 0.717) is 6.04 Å². The van der Waals surface area contributed by atoms with Crippen molar-refractivity contribution in [3.63, 3.8) is 0 Å². The Morgan fingerprint density at radius 1 is 0.917 bits per heavy atom. The van der Waals surface area contributed by atoms with E-state index in [-0.39, 0.29) is 17.0 Å². The normalized spacial score (nSPS) is 15.4. The molecule has 2 aromatic carbocycles. The Morgan fingerprint density at radius 3 is 2.21 bits per heavy atom. The van der Waals surface area contributed by atoms with Crippen LogP contribution in [0, 0.1) is 0 Å². The van der Waals surface area contributed by atoms with Gasteiger partial charge in [-0.15, -0.1) is 17.0 Å². The Bertz CT molecular complexity index is 774. The first-order chi connectivity index (χ1) is 11.4. The van der Waals surface area contributed by atoms with Crippen molar-refractivity contribution in [2.75, 3.05) is 0 Å². The highest BCUT2D eigenvalue weighted by Crippen LogP contribution is 2.23. The number of hydrogen-bond acceptors (Lipinski definition) is 3. The summed E-state index contributed by atoms with van der Waals surface area (Å²) in [6.45, 7) is 0. The molecule has 24 heavy (non-hydrogen) atoms. The molecule has 0 unspecified atom stereocenters. The first-order valence-corrected chi connectivity index (χ1v) is 8.92. The van der Waals surface area contributed by atoms with E-state index in [0.717, 1.165) is 21.9 Å². The van der Waals surface area contributed by atoms with Crippen LogP contribution in [0.5, 0.6) is 0 Å². The number of halogens is 1. The van der Waals surface area contributed by atoms with Crippen LogP contribution in [0.2, 0.25) is 0 Å². The predicted octanol–water partition coefficient (Wildman–Crippen LogP) is 5.02. The number of nitrogens with zero attached hydrogens (tertiary/aromatic N) is 3. The zero-order chi connectivity index (χ0) is 15.5. The third kappa shape index (κ3) is 3.68. The molecule has 1 fully saturated rings. The molecule has 124 valence electrons. The lowest BCUT2D eigenvalue weighted by atomic mass is 10.2. The van der Waals surface area contributed by atoms with Crippen molar-refractivity contribution in [1.82, 2.24) is 8.94 Å². The molecule has 0 spiro atoms. The second kappa shape index (κ2) is 7.90. The SMILES string of the molecule is Br.c1ccc(-c2nc(=NC3CCCC3)sn2-c2ccccc2)cc1. The third-order valence-electron chi connectivity index (χ3n) is 4.21. The van der Waals surface area contributed by atoms with Crippen LogP contribution < -0.4 is 4.80 Å². The van der Waals surface area contributed by atoms with Crippen molar-refractivity contribution < 1.29 is 0 Å². The summed E-state index contributed by atoms with van der Waals surface area (Å²) in [5.74, 6) is 0.971. The molecular formula is C19H20BrN3S. The topological polar surface area (TPSA) is 30.2 Å². The van der Waals surface area contributed by atoms with Crippen LogP contribution in [0.15, 0.2) is 65.7 Å². The van der Waals surface area contributed by atoms with Crippen molar-refractivity contribution in [1.29, 1.82) is 0 Å². The fourth-order valence-electron chi connectivity index (χ4n) is 3.03. The standard InChI is InChI=1S/C19H19N3S.BrH/c1-3-9-15(10-4-1)18-21-19(20-16-11-7-8-12-16)23-22(18)17-13-5-2-6-14-17;/h1-6,9-10,13-14,16H,7-8,11-12H2;1H. The van der Waals surface area contributed by atoms with Gasteiger partial charge in [-0.2, -0.15) is 4.98 Å². The van der Waals surface area contributed by atoms with Gasteiger partial charge in [0.1, 0.15) is 0 Å². The van der Waals surface area contributed by atoms with Gasteiger partial charge in [-0.3, -0.25) is 4.99 Å². The monoisotopic (exact) mass is 401 g/mol. The summed E-state index contributed by atoms with van der Waals surface area (Å²) in [6, 6.07) is 21.2. The molecule has 0 aliphatic heterocycles. The summed E-state index contributed by atoms with van der Waals surface area (Å²) in [5.41, 5.74) is 2.26. The number of benzene rings is 2. The number of para-hydroxylation sites is 1. The Kier molecular flexibility index (Phi) is 5.63. The first-order valence-electron chi connectivity index (χ1n) is 8.15. The zero-order valence-electron chi connectivity index (χ0n) is 13.3. The summed E-state index contributed by atoms with van der Waals surface area (Å²) < 4.78 is 2.18. The molecule has 3 nitrogen and oxygen atoms in total. The third-order valence-corrected chi connectivity index (χ3v) is 5.13. The number of hydrogen-bond donors (Lipinski definition) is 0. The van der Waals surface area contributed by atoms with Gasteiger partial charge in [0, 0.05) is 5.56 Å². The van der Waals surface area contributed by atoms with Crippen LogP contribution in [0.25, 0.3) is 17.1 Å². The second-order valence-electron chi connectivity index (χ2n) is 5.87. The van der Waals surface area contributed by atoms with Crippen LogP contribution in [0.3, 0.4) is 0 Å². The molecule has 0 N–H and O–H groups in total. The molecule has 0 bridgehead atoms. The number of rotatable bonds is 3. The van der Waals surface area contributed by atoms with Gasteiger partial charge in [-0.05, 0) is 36.5 Å². The fraction of sp³-hybridized carbons (Fsp3) is 0.263. The summed E-state index contributed by atoms with van der Waals surface area (Å²) in [4.78, 5) is 10.6. The average molecular weight is 402 g/mol. The lowest BCUT2D eigenvalue weighted by Gasteiger charge is -2.05. The minimum absolute atomic E-state index is 0. The van der Waals surface area contributed by atoms with E-state index < -0.39 is 0 Å². The maximum absolute atomic E-state index is 4.88. The molecular weight excluding hydrogens is 382 g/mol. The average Bonchev–Trinajstić information content (AvgIpc) is 3.27. The highest BCUT2D eigenvalue weighted by molar-refractivity contribution is 8.93. The maximum Gasteiger partial charge on any atom is 0.223 e. The molecule has 1 saturated carbocycles. The van der Waals surface area contributed by atoms with Crippen LogP contribution in [-0.2, 0) is 0 Å². The molecule has 0 atom stereocenters. The highest BCUT2D eigenvalue weighted by atomic mass is 79.9. The second-order valence-corrected chi connectivity index (χ2v) is 6.79. The summed E-state index contributed by atoms with van der Waals surface area (Å²) in [6.07, 6.45) is 4.99. The van der Waals surface area contributed by atoms with Gasteiger partial charge < -0.3 is 0 Å². The molecule has 1 aromatic heterocycles. The lowest BCUT2D eigenvalue weighted by molar-refractivity contribution is 0.685. The van der Waals surface area contributed by atoms with Gasteiger partial charge in [0.15, 0.2) is 5.82 Å². The molecule has 4 rings (SSSR count).